The lowest BCUT2D eigenvalue weighted by Gasteiger charge is -2.34. The van der Waals surface area contributed by atoms with Crippen molar-refractivity contribution in [3.8, 4) is 5.75 Å². The zero-order valence-corrected chi connectivity index (χ0v) is 18.6. The molecule has 2 aliphatic heterocycles. The van der Waals surface area contributed by atoms with E-state index in [0.717, 1.165) is 24.8 Å². The third kappa shape index (κ3) is 3.44. The largest absolute Gasteiger partial charge is 0.487 e. The number of aliphatic hydroxyl groups is 1. The van der Waals surface area contributed by atoms with Crippen molar-refractivity contribution < 1.29 is 23.8 Å². The molecule has 2 fully saturated rings. The summed E-state index contributed by atoms with van der Waals surface area (Å²) in [5.41, 5.74) is 1.01. The van der Waals surface area contributed by atoms with E-state index < -0.39 is 17.2 Å². The van der Waals surface area contributed by atoms with Gasteiger partial charge in [-0.2, -0.15) is 0 Å². The number of benzene rings is 2. The van der Waals surface area contributed by atoms with Gasteiger partial charge < -0.3 is 24.0 Å². The van der Waals surface area contributed by atoms with Crippen molar-refractivity contribution in [3.05, 3.63) is 69.8 Å². The minimum absolute atomic E-state index is 0.00932. The molecule has 1 aromatic heterocycles. The molecule has 0 bridgehead atoms. The molecule has 2 aromatic carbocycles. The van der Waals surface area contributed by atoms with Crippen LogP contribution in [0.5, 0.6) is 5.75 Å². The Balaban J connectivity index is 1.45. The van der Waals surface area contributed by atoms with E-state index in [2.05, 4.69) is 0 Å². The summed E-state index contributed by atoms with van der Waals surface area (Å²) in [6.45, 7) is 0.989. The van der Waals surface area contributed by atoms with Gasteiger partial charge >= 0.3 is 5.97 Å². The average molecular weight is 464 g/mol. The van der Waals surface area contributed by atoms with Crippen molar-refractivity contribution in [1.29, 1.82) is 0 Å². The lowest BCUT2D eigenvalue weighted by molar-refractivity contribution is 0.0470. The number of pyridine rings is 1. The number of hydrogen-bond donors (Lipinski definition) is 1. The molecule has 3 aliphatic rings. The van der Waals surface area contributed by atoms with Crippen LogP contribution in [0.2, 0.25) is 0 Å². The normalized spacial score (nSPS) is 21.2. The zero-order valence-electron chi connectivity index (χ0n) is 18.6. The maximum absolute atomic E-state index is 15.5. The van der Waals surface area contributed by atoms with Crippen LogP contribution in [0.4, 0.5) is 10.1 Å². The third-order valence-corrected chi connectivity index (χ3v) is 7.04. The van der Waals surface area contributed by atoms with Gasteiger partial charge in [-0.1, -0.05) is 30.3 Å². The Bertz CT molecular complexity index is 1330. The molecular formula is C26H25FN2O5. The molecule has 8 heteroatoms. The van der Waals surface area contributed by atoms with Crippen molar-refractivity contribution in [1.82, 2.24) is 4.57 Å². The predicted octanol–water partition coefficient (Wildman–Crippen LogP) is 3.41. The van der Waals surface area contributed by atoms with Crippen LogP contribution in [0.25, 0.3) is 10.9 Å². The summed E-state index contributed by atoms with van der Waals surface area (Å²) in [6.07, 6.45) is 4.09. The van der Waals surface area contributed by atoms with Gasteiger partial charge in [-0.25, -0.2) is 9.18 Å². The number of halogens is 1. The number of rotatable bonds is 5. The molecule has 1 aliphatic carbocycles. The van der Waals surface area contributed by atoms with E-state index in [-0.39, 0.29) is 42.2 Å². The number of fused-ring (bicyclic) bond motifs is 5. The lowest BCUT2D eigenvalue weighted by atomic mass is 10.1. The van der Waals surface area contributed by atoms with E-state index >= 15 is 4.39 Å². The number of anilines is 1. The third-order valence-electron chi connectivity index (χ3n) is 7.04. The first-order valence-electron chi connectivity index (χ1n) is 11.7. The predicted molar refractivity (Wildman–Crippen MR) is 124 cm³/mol. The van der Waals surface area contributed by atoms with Crippen LogP contribution < -0.4 is 15.1 Å². The fourth-order valence-corrected chi connectivity index (χ4v) is 5.19. The van der Waals surface area contributed by atoms with E-state index in [9.17, 15) is 14.7 Å². The Morgan fingerprint density at radius 2 is 2.00 bits per heavy atom. The molecule has 1 saturated carbocycles. The van der Waals surface area contributed by atoms with Gasteiger partial charge in [0.05, 0.1) is 16.9 Å². The highest BCUT2D eigenvalue weighted by molar-refractivity contribution is 5.98. The highest BCUT2D eigenvalue weighted by Crippen LogP contribution is 2.47. The topological polar surface area (TPSA) is 81.0 Å². The summed E-state index contributed by atoms with van der Waals surface area (Å²) in [6, 6.07) is 10.6. The van der Waals surface area contributed by atoms with Gasteiger partial charge in [0, 0.05) is 31.3 Å². The first-order valence-corrected chi connectivity index (χ1v) is 11.7. The molecule has 6 rings (SSSR count). The van der Waals surface area contributed by atoms with Gasteiger partial charge in [-0.05, 0) is 30.9 Å². The summed E-state index contributed by atoms with van der Waals surface area (Å²) >= 11 is 0. The van der Waals surface area contributed by atoms with E-state index in [1.165, 1.54) is 6.07 Å². The number of aliphatic hydroxyl groups excluding tert-OH is 1. The van der Waals surface area contributed by atoms with Gasteiger partial charge in [-0.15, -0.1) is 0 Å². The van der Waals surface area contributed by atoms with Gasteiger partial charge in [0.2, 0.25) is 5.43 Å². The van der Waals surface area contributed by atoms with Gasteiger partial charge in [0.1, 0.15) is 24.5 Å². The second-order valence-corrected chi connectivity index (χ2v) is 9.41. The smallest absolute Gasteiger partial charge is 0.343 e. The van der Waals surface area contributed by atoms with Crippen molar-refractivity contribution >= 4 is 22.6 Å². The van der Waals surface area contributed by atoms with E-state index in [1.54, 1.807) is 6.20 Å². The second-order valence-electron chi connectivity index (χ2n) is 9.41. The summed E-state index contributed by atoms with van der Waals surface area (Å²) in [5, 5.41) is 9.73. The molecule has 3 aromatic rings. The summed E-state index contributed by atoms with van der Waals surface area (Å²) < 4.78 is 28.8. The van der Waals surface area contributed by atoms with Crippen LogP contribution in [0.15, 0.2) is 47.4 Å². The molecular weight excluding hydrogens is 439 g/mol. The van der Waals surface area contributed by atoms with Crippen molar-refractivity contribution in [2.24, 2.45) is 5.92 Å². The fraction of sp³-hybridized carbons (Fsp3) is 0.385. The Morgan fingerprint density at radius 3 is 2.74 bits per heavy atom. The summed E-state index contributed by atoms with van der Waals surface area (Å²) in [7, 11) is 0. The molecule has 0 radical (unpaired) electrons. The molecule has 176 valence electrons. The lowest BCUT2D eigenvalue weighted by Crippen LogP contribution is -2.39. The van der Waals surface area contributed by atoms with Crippen LogP contribution in [0.3, 0.4) is 0 Å². The standard InChI is InChI=1S/C26H25FN2O5/c27-21-9-19-22(25-23(21)28-10-16(12-30)8-18(28)14-33-25)29(17-6-7-17)11-20(24(19)31)26(32)34-13-15-4-2-1-3-5-15/h1-5,9,11,16-18,30H,6-8,10,12-14H2/t16-,18+/m1/s1. The average Bonchev–Trinajstić information content (AvgIpc) is 3.61. The monoisotopic (exact) mass is 464 g/mol. The minimum Gasteiger partial charge on any atom is -0.487 e. The quantitative estimate of drug-likeness (QED) is 0.583. The summed E-state index contributed by atoms with van der Waals surface area (Å²) in [5.74, 6) is -0.880. The van der Waals surface area contributed by atoms with E-state index in [1.807, 2.05) is 39.8 Å². The molecule has 0 spiro atoms. The maximum atomic E-state index is 15.5. The van der Waals surface area contributed by atoms with Crippen LogP contribution in [0, 0.1) is 11.7 Å². The molecule has 3 heterocycles. The van der Waals surface area contributed by atoms with Gasteiger partial charge in [0.25, 0.3) is 0 Å². The first-order chi connectivity index (χ1) is 16.5. The Labute approximate surface area is 195 Å². The SMILES string of the molecule is O=C(OCc1ccccc1)c1cn(C2CC2)c2c3c(c(F)cc2c1=O)N1C[C@H](CO)C[C@H]1CO3. The first kappa shape index (κ1) is 21.2. The molecule has 0 unspecified atom stereocenters. The number of ether oxygens (including phenoxy) is 2. The number of hydrogen-bond acceptors (Lipinski definition) is 6. The highest BCUT2D eigenvalue weighted by atomic mass is 19.1. The summed E-state index contributed by atoms with van der Waals surface area (Å²) in [4.78, 5) is 28.2. The van der Waals surface area contributed by atoms with Crippen LogP contribution in [0.1, 0.15) is 41.2 Å². The number of esters is 1. The van der Waals surface area contributed by atoms with Crippen molar-refractivity contribution in [2.75, 3.05) is 24.7 Å². The Morgan fingerprint density at radius 1 is 1.21 bits per heavy atom. The van der Waals surface area contributed by atoms with E-state index in [0.29, 0.717) is 30.1 Å². The van der Waals surface area contributed by atoms with Crippen LogP contribution >= 0.6 is 0 Å². The Kier molecular flexibility index (Phi) is 5.06. The van der Waals surface area contributed by atoms with Crippen molar-refractivity contribution in [3.63, 3.8) is 0 Å². The second kappa shape index (κ2) is 8.13. The number of carbonyl (C=O) groups excluding carboxylic acids is 1. The minimum atomic E-state index is -0.727. The Hall–Kier alpha value is -3.39. The number of carbonyl (C=O) groups is 1. The van der Waals surface area contributed by atoms with Gasteiger partial charge in [-0.3, -0.25) is 4.79 Å². The van der Waals surface area contributed by atoms with Gasteiger partial charge in [0.15, 0.2) is 11.6 Å². The molecule has 2 atom stereocenters. The van der Waals surface area contributed by atoms with E-state index in [4.69, 9.17) is 9.47 Å². The molecule has 7 nitrogen and oxygen atoms in total. The zero-order chi connectivity index (χ0) is 23.4. The molecule has 1 saturated heterocycles. The van der Waals surface area contributed by atoms with Crippen LogP contribution in [-0.4, -0.2) is 41.4 Å². The van der Waals surface area contributed by atoms with Crippen LogP contribution in [-0.2, 0) is 11.3 Å². The molecule has 0 amide bonds. The van der Waals surface area contributed by atoms with Crippen molar-refractivity contribution in [2.45, 2.75) is 38.0 Å². The maximum Gasteiger partial charge on any atom is 0.343 e. The number of nitrogens with zero attached hydrogens (tertiary/aromatic N) is 2. The highest BCUT2D eigenvalue weighted by Gasteiger charge is 2.40. The number of aromatic nitrogens is 1. The molecule has 34 heavy (non-hydrogen) atoms. The fourth-order valence-electron chi connectivity index (χ4n) is 5.19. The molecule has 1 N–H and O–H groups in total.